The molecule has 0 aliphatic carbocycles. The minimum absolute atomic E-state index is 0.0605. The topological polar surface area (TPSA) is 78.0 Å². The van der Waals surface area contributed by atoms with E-state index in [4.69, 9.17) is 0 Å². The van der Waals surface area contributed by atoms with Gasteiger partial charge >= 0.3 is 0 Å². The monoisotopic (exact) mass is 541 g/mol. The summed E-state index contributed by atoms with van der Waals surface area (Å²) in [6.07, 6.45) is 0.0605. The van der Waals surface area contributed by atoms with Crippen molar-refractivity contribution < 1.29 is 19.2 Å². The molecule has 4 aliphatic heterocycles. The first-order chi connectivity index (χ1) is 20.0. The van der Waals surface area contributed by atoms with E-state index in [1.807, 2.05) is 97.1 Å². The summed E-state index contributed by atoms with van der Waals surface area (Å²) in [5, 5.41) is 0. The van der Waals surface area contributed by atoms with Crippen molar-refractivity contribution in [3.05, 3.63) is 127 Å². The highest BCUT2D eigenvalue weighted by molar-refractivity contribution is 6.33. The molecule has 7 nitrogen and oxygen atoms in total. The van der Waals surface area contributed by atoms with Gasteiger partial charge < -0.3 is 0 Å². The zero-order valence-corrected chi connectivity index (χ0v) is 22.4. The number of carbonyl (C=O) groups is 4. The molecule has 4 aliphatic rings. The molecule has 0 spiro atoms. The van der Waals surface area contributed by atoms with Crippen molar-refractivity contribution in [1.29, 1.82) is 0 Å². The summed E-state index contributed by atoms with van der Waals surface area (Å²) < 4.78 is 0. The molecule has 0 saturated carbocycles. The van der Waals surface area contributed by atoms with E-state index in [2.05, 4.69) is 0 Å². The Bertz CT molecular complexity index is 1620. The molecule has 4 aromatic rings. The molecule has 2 bridgehead atoms. The van der Waals surface area contributed by atoms with E-state index in [1.165, 1.54) is 4.90 Å². The van der Waals surface area contributed by atoms with Crippen molar-refractivity contribution in [2.45, 2.75) is 19.0 Å². The Hall–Kier alpha value is -5.04. The second-order valence-electron chi connectivity index (χ2n) is 10.7. The number of hydrogen-bond donors (Lipinski definition) is 0. The highest BCUT2D eigenvalue weighted by Gasteiger charge is 2.82. The van der Waals surface area contributed by atoms with Crippen molar-refractivity contribution in [2.75, 3.05) is 14.7 Å². The Morgan fingerprint density at radius 3 is 1.37 bits per heavy atom. The van der Waals surface area contributed by atoms with Gasteiger partial charge in [0, 0.05) is 11.4 Å². The quantitative estimate of drug-likeness (QED) is 0.259. The summed E-state index contributed by atoms with van der Waals surface area (Å²) >= 11 is 0. The molecule has 0 aromatic heterocycles. The molecule has 4 heterocycles. The van der Waals surface area contributed by atoms with E-state index < -0.39 is 46.5 Å². The molecule has 0 radical (unpaired) electrons. The van der Waals surface area contributed by atoms with Crippen LogP contribution >= 0.6 is 0 Å². The van der Waals surface area contributed by atoms with Crippen molar-refractivity contribution >= 4 is 40.7 Å². The number of amides is 4. The fourth-order valence-corrected chi connectivity index (χ4v) is 7.27. The maximum absolute atomic E-state index is 14.9. The van der Waals surface area contributed by atoms with Crippen LogP contribution in [0, 0.1) is 17.3 Å². The van der Waals surface area contributed by atoms with Crippen LogP contribution in [0.5, 0.6) is 0 Å². The van der Waals surface area contributed by atoms with Crippen LogP contribution in [0.15, 0.2) is 121 Å². The number of imide groups is 1. The van der Waals surface area contributed by atoms with Gasteiger partial charge in [-0.3, -0.25) is 29.0 Å². The fourth-order valence-electron chi connectivity index (χ4n) is 7.27. The van der Waals surface area contributed by atoms with Gasteiger partial charge in [-0.2, -0.15) is 0 Å². The van der Waals surface area contributed by atoms with Gasteiger partial charge in [0.25, 0.3) is 0 Å². The lowest BCUT2D eigenvalue weighted by Crippen LogP contribution is -2.83. The predicted octanol–water partition coefficient (Wildman–Crippen LogP) is 5.14. The maximum Gasteiger partial charge on any atom is 0.245 e. The average molecular weight is 542 g/mol. The third-order valence-corrected chi connectivity index (χ3v) is 8.92. The lowest BCUT2D eigenvalue weighted by Gasteiger charge is -2.66. The zero-order chi connectivity index (χ0) is 28.4. The largest absolute Gasteiger partial charge is 0.282 e. The third kappa shape index (κ3) is 3.03. The van der Waals surface area contributed by atoms with Gasteiger partial charge in [0.1, 0.15) is 5.41 Å². The highest BCUT2D eigenvalue weighted by atomic mass is 16.2. The highest BCUT2D eigenvalue weighted by Crippen LogP contribution is 2.65. The number of para-hydroxylation sites is 3. The second kappa shape index (κ2) is 8.99. The van der Waals surface area contributed by atoms with Crippen molar-refractivity contribution in [3.63, 3.8) is 0 Å². The zero-order valence-electron chi connectivity index (χ0n) is 22.4. The van der Waals surface area contributed by atoms with E-state index in [0.29, 0.717) is 22.6 Å². The molecular weight excluding hydrogens is 514 g/mol. The van der Waals surface area contributed by atoms with Crippen LogP contribution in [0.3, 0.4) is 0 Å². The van der Waals surface area contributed by atoms with Crippen LogP contribution in [0.4, 0.5) is 17.1 Å². The number of anilines is 3. The molecular formula is C34H27N3O4. The first kappa shape index (κ1) is 25.0. The van der Waals surface area contributed by atoms with E-state index >= 15 is 0 Å². The van der Waals surface area contributed by atoms with Gasteiger partial charge in [0.15, 0.2) is 5.66 Å². The van der Waals surface area contributed by atoms with Gasteiger partial charge in [-0.05, 0) is 48.4 Å². The molecule has 4 amide bonds. The molecule has 7 heteroatoms. The van der Waals surface area contributed by atoms with Crippen molar-refractivity contribution in [2.24, 2.45) is 17.3 Å². The molecule has 41 heavy (non-hydrogen) atoms. The second-order valence-corrected chi connectivity index (χ2v) is 10.7. The number of hydrogen-bond acceptors (Lipinski definition) is 4. The Kier molecular flexibility index (Phi) is 5.47. The van der Waals surface area contributed by atoms with E-state index in [9.17, 15) is 19.2 Å². The molecule has 4 saturated heterocycles. The Balaban J connectivity index is 1.63. The van der Waals surface area contributed by atoms with Crippen molar-refractivity contribution in [3.8, 4) is 0 Å². The van der Waals surface area contributed by atoms with Crippen LogP contribution in [0.25, 0.3) is 0 Å². The smallest absolute Gasteiger partial charge is 0.245 e. The standard InChI is InChI=1S/C34H27N3O4/c1-2-33-27-28(30(39)35(29(27)38)24-17-9-4-10-18-24)34(23-15-7-3-8-16-23,36(31(33)40)25-19-11-5-12-20-25)37(32(33)41)26-21-13-6-14-22-26/h3-22,27-28H,2H2,1H3. The lowest BCUT2D eigenvalue weighted by molar-refractivity contribution is -0.167. The number of carbonyl (C=O) groups excluding carboxylic acids is 4. The fraction of sp³-hybridized carbons (Fsp3) is 0.176. The van der Waals surface area contributed by atoms with Crippen molar-refractivity contribution in [1.82, 2.24) is 0 Å². The maximum atomic E-state index is 14.9. The molecule has 4 fully saturated rings. The van der Waals surface area contributed by atoms with Crippen LogP contribution in [0.2, 0.25) is 0 Å². The molecule has 4 aromatic carbocycles. The SMILES string of the molecule is CCC12C(=O)N(c3ccccc3)C(c3ccccc3)(C3C(=O)N(c4ccccc4)C(=O)C31)N(c1ccccc1)C2=O. The first-order valence-electron chi connectivity index (χ1n) is 13.8. The van der Waals surface area contributed by atoms with Crippen LogP contribution in [-0.2, 0) is 24.8 Å². The number of fused-ring (bicyclic) bond motifs is 2. The van der Waals surface area contributed by atoms with Crippen LogP contribution < -0.4 is 14.7 Å². The Morgan fingerprint density at radius 2 is 0.927 bits per heavy atom. The lowest BCUT2D eigenvalue weighted by atomic mass is 9.54. The van der Waals surface area contributed by atoms with E-state index in [0.717, 1.165) is 0 Å². The van der Waals surface area contributed by atoms with E-state index in [1.54, 1.807) is 41.0 Å². The number of benzene rings is 4. The van der Waals surface area contributed by atoms with Gasteiger partial charge in [-0.1, -0.05) is 91.9 Å². The molecule has 0 N–H and O–H groups in total. The summed E-state index contributed by atoms with van der Waals surface area (Å²) in [5.41, 5.74) is -1.33. The summed E-state index contributed by atoms with van der Waals surface area (Å²) in [6.45, 7) is 1.75. The summed E-state index contributed by atoms with van der Waals surface area (Å²) in [7, 11) is 0. The number of nitrogens with zero attached hydrogens (tertiary/aromatic N) is 3. The van der Waals surface area contributed by atoms with E-state index in [-0.39, 0.29) is 6.42 Å². The summed E-state index contributed by atoms with van der Waals surface area (Å²) in [5.74, 6) is -4.12. The van der Waals surface area contributed by atoms with Gasteiger partial charge in [0.05, 0.1) is 17.5 Å². The number of rotatable bonds is 5. The third-order valence-electron chi connectivity index (χ3n) is 8.92. The summed E-state index contributed by atoms with van der Waals surface area (Å²) in [4.78, 5) is 63.5. The molecule has 2 atom stereocenters. The Morgan fingerprint density at radius 1 is 0.537 bits per heavy atom. The molecule has 8 rings (SSSR count). The minimum Gasteiger partial charge on any atom is -0.282 e. The van der Waals surface area contributed by atoms with Gasteiger partial charge in [0.2, 0.25) is 23.6 Å². The first-order valence-corrected chi connectivity index (χ1v) is 13.8. The molecule has 2 unspecified atom stereocenters. The molecule has 202 valence electrons. The van der Waals surface area contributed by atoms with Crippen LogP contribution in [0.1, 0.15) is 18.9 Å². The summed E-state index contributed by atoms with van der Waals surface area (Å²) in [6, 6.07) is 36.2. The normalized spacial score (nSPS) is 27.0. The Labute approximate surface area is 237 Å². The predicted molar refractivity (Wildman–Crippen MR) is 155 cm³/mol. The average Bonchev–Trinajstić information content (AvgIpc) is 3.30. The van der Waals surface area contributed by atoms with Gasteiger partial charge in [-0.25, -0.2) is 4.90 Å². The van der Waals surface area contributed by atoms with Gasteiger partial charge in [-0.15, -0.1) is 0 Å². The number of piperidine rings is 2. The van der Waals surface area contributed by atoms with Crippen LogP contribution in [-0.4, -0.2) is 23.6 Å². The minimum atomic E-state index is -1.77.